The maximum absolute atomic E-state index is 11.1. The SMILES string of the molecule is CCCOC(=O)OCF. The lowest BCUT2D eigenvalue weighted by atomic mass is 10.5. The fourth-order valence-electron chi connectivity index (χ4n) is 0.272. The molecule has 0 amide bonds. The molecular formula is C5H9FO3. The van der Waals surface area contributed by atoms with E-state index >= 15 is 0 Å². The summed E-state index contributed by atoms with van der Waals surface area (Å²) in [7, 11) is 0. The molecule has 0 aromatic heterocycles. The van der Waals surface area contributed by atoms with Gasteiger partial charge in [0, 0.05) is 0 Å². The van der Waals surface area contributed by atoms with Crippen LogP contribution in [0.15, 0.2) is 0 Å². The van der Waals surface area contributed by atoms with Crippen molar-refractivity contribution < 1.29 is 18.7 Å². The highest BCUT2D eigenvalue weighted by Crippen LogP contribution is 1.86. The third-order valence-corrected chi connectivity index (χ3v) is 0.596. The minimum absolute atomic E-state index is 0.277. The van der Waals surface area contributed by atoms with Gasteiger partial charge in [-0.3, -0.25) is 0 Å². The summed E-state index contributed by atoms with van der Waals surface area (Å²) in [5.74, 6) is 0. The van der Waals surface area contributed by atoms with Crippen LogP contribution < -0.4 is 0 Å². The van der Waals surface area contributed by atoms with Crippen LogP contribution in [0, 0.1) is 0 Å². The summed E-state index contributed by atoms with van der Waals surface area (Å²) in [4.78, 5) is 10.1. The fraction of sp³-hybridized carbons (Fsp3) is 0.800. The Kier molecular flexibility index (Phi) is 4.86. The Bertz CT molecular complexity index is 84.3. The maximum Gasteiger partial charge on any atom is 0.510 e. The van der Waals surface area contributed by atoms with E-state index in [0.29, 0.717) is 6.42 Å². The number of carbonyl (C=O) groups excluding carboxylic acids is 1. The lowest BCUT2D eigenvalue weighted by Crippen LogP contribution is -2.06. The van der Waals surface area contributed by atoms with E-state index in [1.54, 1.807) is 0 Å². The predicted molar refractivity (Wildman–Crippen MR) is 28.7 cm³/mol. The molecule has 0 aromatic rings. The molecule has 0 saturated carbocycles. The second kappa shape index (κ2) is 5.34. The molecule has 0 aliphatic carbocycles. The molecule has 0 fully saturated rings. The second-order valence-electron chi connectivity index (χ2n) is 1.35. The summed E-state index contributed by atoms with van der Waals surface area (Å²) in [6, 6.07) is 0. The number of halogens is 1. The van der Waals surface area contributed by atoms with Crippen molar-refractivity contribution in [3.63, 3.8) is 0 Å². The van der Waals surface area contributed by atoms with Gasteiger partial charge in [-0.2, -0.15) is 0 Å². The molecule has 0 radical (unpaired) electrons. The van der Waals surface area contributed by atoms with Gasteiger partial charge in [-0.05, 0) is 6.42 Å². The molecule has 0 unspecified atom stereocenters. The number of hydrogen-bond acceptors (Lipinski definition) is 3. The van der Waals surface area contributed by atoms with Gasteiger partial charge in [0.15, 0.2) is 0 Å². The minimum Gasteiger partial charge on any atom is -0.434 e. The van der Waals surface area contributed by atoms with Gasteiger partial charge in [-0.15, -0.1) is 0 Å². The van der Waals surface area contributed by atoms with E-state index in [-0.39, 0.29) is 6.61 Å². The number of rotatable bonds is 3. The third-order valence-electron chi connectivity index (χ3n) is 0.596. The van der Waals surface area contributed by atoms with Crippen LogP contribution in [0.3, 0.4) is 0 Å². The van der Waals surface area contributed by atoms with Crippen LogP contribution >= 0.6 is 0 Å². The standard InChI is InChI=1S/C5H9FO3/c1-2-3-8-5(7)9-4-6/h2-4H2,1H3. The van der Waals surface area contributed by atoms with Crippen molar-refractivity contribution in [2.45, 2.75) is 13.3 Å². The maximum atomic E-state index is 11.1. The monoisotopic (exact) mass is 136 g/mol. The average Bonchev–Trinajstić information content (AvgIpc) is 1.85. The Labute approximate surface area is 52.8 Å². The van der Waals surface area contributed by atoms with Gasteiger partial charge < -0.3 is 9.47 Å². The third kappa shape index (κ3) is 5.06. The number of hydrogen-bond donors (Lipinski definition) is 0. The first kappa shape index (κ1) is 8.20. The van der Waals surface area contributed by atoms with Crippen LogP contribution in [0.1, 0.15) is 13.3 Å². The smallest absolute Gasteiger partial charge is 0.434 e. The zero-order chi connectivity index (χ0) is 7.11. The predicted octanol–water partition coefficient (Wildman–Crippen LogP) is 1.48. The van der Waals surface area contributed by atoms with Crippen molar-refractivity contribution in [3.8, 4) is 0 Å². The molecule has 0 heterocycles. The lowest BCUT2D eigenvalue weighted by Gasteiger charge is -1.99. The van der Waals surface area contributed by atoms with Crippen LogP contribution in [0.5, 0.6) is 0 Å². The number of ether oxygens (including phenoxy) is 2. The molecule has 0 bridgehead atoms. The molecule has 0 N–H and O–H groups in total. The zero-order valence-corrected chi connectivity index (χ0v) is 5.22. The van der Waals surface area contributed by atoms with Gasteiger partial charge in [-0.25, -0.2) is 9.18 Å². The molecule has 4 heteroatoms. The minimum atomic E-state index is -1.12. The van der Waals surface area contributed by atoms with Crippen molar-refractivity contribution in [3.05, 3.63) is 0 Å². The van der Waals surface area contributed by atoms with Crippen molar-refractivity contribution in [1.29, 1.82) is 0 Å². The van der Waals surface area contributed by atoms with E-state index in [2.05, 4.69) is 9.47 Å². The molecular weight excluding hydrogens is 127 g/mol. The molecule has 9 heavy (non-hydrogen) atoms. The highest BCUT2D eigenvalue weighted by molar-refractivity contribution is 5.59. The summed E-state index contributed by atoms with van der Waals surface area (Å²) in [5.41, 5.74) is 0. The first-order chi connectivity index (χ1) is 4.31. The Morgan fingerprint density at radius 1 is 1.56 bits per heavy atom. The van der Waals surface area contributed by atoms with Crippen molar-refractivity contribution in [2.75, 3.05) is 13.5 Å². The van der Waals surface area contributed by atoms with Crippen molar-refractivity contribution in [2.24, 2.45) is 0 Å². The van der Waals surface area contributed by atoms with E-state index in [1.807, 2.05) is 6.92 Å². The molecule has 0 spiro atoms. The van der Waals surface area contributed by atoms with Gasteiger partial charge in [0.05, 0.1) is 6.61 Å². The Hall–Kier alpha value is -0.800. The van der Waals surface area contributed by atoms with Crippen molar-refractivity contribution in [1.82, 2.24) is 0 Å². The molecule has 0 aromatic carbocycles. The highest BCUT2D eigenvalue weighted by atomic mass is 19.1. The topological polar surface area (TPSA) is 35.5 Å². The largest absolute Gasteiger partial charge is 0.510 e. The van der Waals surface area contributed by atoms with Crippen LogP contribution in [0.25, 0.3) is 0 Å². The highest BCUT2D eigenvalue weighted by Gasteiger charge is 1.99. The van der Waals surface area contributed by atoms with Crippen LogP contribution in [-0.2, 0) is 9.47 Å². The number of carbonyl (C=O) groups is 1. The van der Waals surface area contributed by atoms with E-state index in [9.17, 15) is 9.18 Å². The summed E-state index contributed by atoms with van der Waals surface area (Å²) >= 11 is 0. The molecule has 3 nitrogen and oxygen atoms in total. The fourth-order valence-corrected chi connectivity index (χ4v) is 0.272. The van der Waals surface area contributed by atoms with Gasteiger partial charge in [-0.1, -0.05) is 6.92 Å². The molecule has 0 saturated heterocycles. The van der Waals surface area contributed by atoms with Crippen LogP contribution in [-0.4, -0.2) is 19.6 Å². The average molecular weight is 136 g/mol. The van der Waals surface area contributed by atoms with E-state index in [0.717, 1.165) is 0 Å². The summed E-state index contributed by atoms with van der Waals surface area (Å²) < 4.78 is 19.3. The normalized spacial score (nSPS) is 8.67. The molecule has 0 atom stereocenters. The Morgan fingerprint density at radius 2 is 2.22 bits per heavy atom. The van der Waals surface area contributed by atoms with Crippen molar-refractivity contribution >= 4 is 6.16 Å². The summed E-state index contributed by atoms with van der Waals surface area (Å²) in [6.45, 7) is 0.990. The van der Waals surface area contributed by atoms with E-state index in [4.69, 9.17) is 0 Å². The van der Waals surface area contributed by atoms with E-state index < -0.39 is 13.0 Å². The lowest BCUT2D eigenvalue weighted by molar-refractivity contribution is 0.0269. The van der Waals surface area contributed by atoms with Crippen LogP contribution in [0.2, 0.25) is 0 Å². The molecule has 0 aliphatic rings. The van der Waals surface area contributed by atoms with Gasteiger partial charge >= 0.3 is 6.16 Å². The Morgan fingerprint density at radius 3 is 2.67 bits per heavy atom. The first-order valence-corrected chi connectivity index (χ1v) is 2.66. The molecule has 0 aliphatic heterocycles. The summed E-state index contributed by atoms with van der Waals surface area (Å²) in [5, 5.41) is 0. The van der Waals surface area contributed by atoms with Crippen LogP contribution in [0.4, 0.5) is 9.18 Å². The number of alkyl halides is 1. The molecule has 0 rings (SSSR count). The Balaban J connectivity index is 3.06. The first-order valence-electron chi connectivity index (χ1n) is 2.66. The quantitative estimate of drug-likeness (QED) is 0.551. The van der Waals surface area contributed by atoms with Gasteiger partial charge in [0.1, 0.15) is 0 Å². The van der Waals surface area contributed by atoms with Gasteiger partial charge in [0.25, 0.3) is 0 Å². The zero-order valence-electron chi connectivity index (χ0n) is 5.22. The van der Waals surface area contributed by atoms with Gasteiger partial charge in [0.2, 0.25) is 6.86 Å². The summed E-state index contributed by atoms with van der Waals surface area (Å²) in [6.07, 6.45) is -0.235. The molecule has 54 valence electrons. The second-order valence-corrected chi connectivity index (χ2v) is 1.35. The van der Waals surface area contributed by atoms with E-state index in [1.165, 1.54) is 0 Å².